The Morgan fingerprint density at radius 1 is 1.09 bits per heavy atom. The first-order valence-corrected chi connectivity index (χ1v) is 7.93. The summed E-state index contributed by atoms with van der Waals surface area (Å²) in [7, 11) is 1.76. The molecule has 0 N–H and O–H groups in total. The van der Waals surface area contributed by atoms with Crippen LogP contribution in [-0.2, 0) is 0 Å². The van der Waals surface area contributed by atoms with Crippen LogP contribution in [0.3, 0.4) is 0 Å². The molecule has 1 heterocycles. The topological polar surface area (TPSA) is 53.4 Å². The van der Waals surface area contributed by atoms with Gasteiger partial charge < -0.3 is 0 Å². The van der Waals surface area contributed by atoms with Gasteiger partial charge in [0.1, 0.15) is 0 Å². The van der Waals surface area contributed by atoms with Crippen LogP contribution < -0.4 is 4.80 Å². The van der Waals surface area contributed by atoms with E-state index in [-0.39, 0.29) is 0 Å². The molecule has 2 aromatic carbocycles. The van der Waals surface area contributed by atoms with E-state index in [4.69, 9.17) is 5.26 Å². The Balaban J connectivity index is 2.00. The van der Waals surface area contributed by atoms with E-state index in [1.54, 1.807) is 36.7 Å². The standard InChI is InChI=1S/C18H14N4S/c1-20-18-22(17(13-23-18)16-5-3-2-4-6-16)21-12-15-9-7-14(11-19)8-10-15/h2-10,12-13H,1H3/b20-18?,21-12-. The summed E-state index contributed by atoms with van der Waals surface area (Å²) >= 11 is 1.55. The second-order valence-electron chi connectivity index (χ2n) is 4.78. The highest BCUT2D eigenvalue weighted by Crippen LogP contribution is 2.19. The van der Waals surface area contributed by atoms with Gasteiger partial charge in [0.05, 0.1) is 23.5 Å². The minimum absolute atomic E-state index is 0.638. The lowest BCUT2D eigenvalue weighted by Gasteiger charge is -2.03. The van der Waals surface area contributed by atoms with Crippen LogP contribution in [0, 0.1) is 11.3 Å². The highest BCUT2D eigenvalue weighted by atomic mass is 32.1. The van der Waals surface area contributed by atoms with Crippen LogP contribution in [0.5, 0.6) is 0 Å². The molecule has 3 rings (SSSR count). The molecule has 0 fully saturated rings. The summed E-state index contributed by atoms with van der Waals surface area (Å²) < 4.78 is 1.83. The fourth-order valence-corrected chi connectivity index (χ4v) is 2.94. The van der Waals surface area contributed by atoms with Gasteiger partial charge in [-0.25, -0.2) is 4.68 Å². The first kappa shape index (κ1) is 14.9. The summed E-state index contributed by atoms with van der Waals surface area (Å²) in [5.41, 5.74) is 3.67. The molecule has 0 spiro atoms. The molecule has 4 nitrogen and oxygen atoms in total. The first-order chi connectivity index (χ1) is 11.3. The number of nitriles is 1. The zero-order valence-corrected chi connectivity index (χ0v) is 13.4. The largest absolute Gasteiger partial charge is 0.261 e. The maximum Gasteiger partial charge on any atom is 0.205 e. The number of nitrogens with zero attached hydrogens (tertiary/aromatic N) is 4. The molecule has 3 aromatic rings. The van der Waals surface area contributed by atoms with E-state index in [1.807, 2.05) is 40.4 Å². The summed E-state index contributed by atoms with van der Waals surface area (Å²) in [6.07, 6.45) is 1.77. The lowest BCUT2D eigenvalue weighted by Crippen LogP contribution is -2.11. The number of hydrogen-bond donors (Lipinski definition) is 0. The molecule has 0 atom stereocenters. The van der Waals surface area contributed by atoms with E-state index in [9.17, 15) is 0 Å². The van der Waals surface area contributed by atoms with E-state index in [2.05, 4.69) is 28.3 Å². The summed E-state index contributed by atoms with van der Waals surface area (Å²) in [6.45, 7) is 0. The minimum Gasteiger partial charge on any atom is -0.261 e. The van der Waals surface area contributed by atoms with Crippen molar-refractivity contribution in [3.8, 4) is 17.3 Å². The van der Waals surface area contributed by atoms with Gasteiger partial charge in [0.15, 0.2) is 0 Å². The quantitative estimate of drug-likeness (QED) is 0.682. The highest BCUT2D eigenvalue weighted by molar-refractivity contribution is 7.07. The van der Waals surface area contributed by atoms with Crippen LogP contribution in [0.15, 0.2) is 70.1 Å². The number of rotatable bonds is 3. The van der Waals surface area contributed by atoms with Gasteiger partial charge in [0.25, 0.3) is 0 Å². The van der Waals surface area contributed by atoms with E-state index in [1.165, 1.54) is 0 Å². The molecule has 23 heavy (non-hydrogen) atoms. The fourth-order valence-electron chi connectivity index (χ4n) is 2.14. The van der Waals surface area contributed by atoms with Crippen molar-refractivity contribution < 1.29 is 0 Å². The van der Waals surface area contributed by atoms with Crippen molar-refractivity contribution in [3.05, 3.63) is 75.9 Å². The van der Waals surface area contributed by atoms with Gasteiger partial charge in [0, 0.05) is 18.0 Å². The average Bonchev–Trinajstić information content (AvgIpc) is 3.04. The van der Waals surface area contributed by atoms with Gasteiger partial charge in [-0.1, -0.05) is 42.5 Å². The maximum atomic E-state index is 8.84. The van der Waals surface area contributed by atoms with Gasteiger partial charge in [-0.2, -0.15) is 10.4 Å². The Morgan fingerprint density at radius 2 is 1.83 bits per heavy atom. The molecule has 5 heteroatoms. The van der Waals surface area contributed by atoms with Crippen molar-refractivity contribution in [2.75, 3.05) is 7.05 Å². The molecular weight excluding hydrogens is 304 g/mol. The minimum atomic E-state index is 0.638. The SMILES string of the molecule is CN=c1scc(-c2ccccc2)n1/N=C\c1ccc(C#N)cc1. The number of aromatic nitrogens is 1. The zero-order chi connectivity index (χ0) is 16.1. The maximum absolute atomic E-state index is 8.84. The molecule has 0 aliphatic heterocycles. The van der Waals surface area contributed by atoms with Crippen molar-refractivity contribution in [1.82, 2.24) is 4.68 Å². The smallest absolute Gasteiger partial charge is 0.205 e. The first-order valence-electron chi connectivity index (χ1n) is 7.05. The third-order valence-corrected chi connectivity index (χ3v) is 4.22. The van der Waals surface area contributed by atoms with Crippen molar-refractivity contribution >= 4 is 17.6 Å². The Hall–Kier alpha value is -2.97. The summed E-state index contributed by atoms with van der Waals surface area (Å²) in [4.78, 5) is 5.11. The summed E-state index contributed by atoms with van der Waals surface area (Å²) in [5.74, 6) is 0. The molecule has 0 radical (unpaired) electrons. The third-order valence-electron chi connectivity index (χ3n) is 3.31. The molecule has 0 aliphatic carbocycles. The molecule has 0 amide bonds. The molecular formula is C18H14N4S. The Morgan fingerprint density at radius 3 is 2.48 bits per heavy atom. The van der Waals surface area contributed by atoms with Gasteiger partial charge in [-0.05, 0) is 17.7 Å². The Kier molecular flexibility index (Phi) is 4.46. The molecule has 0 saturated carbocycles. The van der Waals surface area contributed by atoms with Crippen LogP contribution in [-0.4, -0.2) is 17.9 Å². The van der Waals surface area contributed by atoms with Crippen LogP contribution in [0.1, 0.15) is 11.1 Å². The second kappa shape index (κ2) is 6.86. The van der Waals surface area contributed by atoms with E-state index >= 15 is 0 Å². The number of hydrogen-bond acceptors (Lipinski definition) is 4. The van der Waals surface area contributed by atoms with Gasteiger partial charge in [0.2, 0.25) is 4.80 Å². The molecule has 0 unspecified atom stereocenters. The summed E-state index contributed by atoms with van der Waals surface area (Å²) in [5, 5.41) is 15.5. The Labute approximate surface area is 138 Å². The van der Waals surface area contributed by atoms with Crippen molar-refractivity contribution in [2.45, 2.75) is 0 Å². The summed E-state index contributed by atoms with van der Waals surface area (Å²) in [6, 6.07) is 19.5. The van der Waals surface area contributed by atoms with Crippen LogP contribution in [0.25, 0.3) is 11.3 Å². The Bertz CT molecular complexity index is 926. The van der Waals surface area contributed by atoms with Gasteiger partial charge in [-0.15, -0.1) is 11.3 Å². The molecule has 0 aliphatic rings. The van der Waals surface area contributed by atoms with Gasteiger partial charge in [-0.3, -0.25) is 4.99 Å². The average molecular weight is 318 g/mol. The molecule has 1 aromatic heterocycles. The highest BCUT2D eigenvalue weighted by Gasteiger charge is 2.06. The van der Waals surface area contributed by atoms with Crippen molar-refractivity contribution in [3.63, 3.8) is 0 Å². The molecule has 0 saturated heterocycles. The van der Waals surface area contributed by atoms with Crippen LogP contribution in [0.2, 0.25) is 0 Å². The second-order valence-corrected chi connectivity index (χ2v) is 5.62. The number of thiazole rings is 1. The number of benzene rings is 2. The van der Waals surface area contributed by atoms with Crippen molar-refractivity contribution in [1.29, 1.82) is 5.26 Å². The molecule has 0 bridgehead atoms. The monoisotopic (exact) mass is 318 g/mol. The zero-order valence-electron chi connectivity index (χ0n) is 12.5. The lowest BCUT2D eigenvalue weighted by atomic mass is 10.2. The van der Waals surface area contributed by atoms with E-state index in [0.717, 1.165) is 21.6 Å². The predicted molar refractivity (Wildman–Crippen MR) is 93.4 cm³/mol. The third kappa shape index (κ3) is 3.28. The van der Waals surface area contributed by atoms with Crippen molar-refractivity contribution in [2.24, 2.45) is 10.1 Å². The predicted octanol–water partition coefficient (Wildman–Crippen LogP) is 3.50. The fraction of sp³-hybridized carbons (Fsp3) is 0.0556. The van der Waals surface area contributed by atoms with E-state index < -0.39 is 0 Å². The van der Waals surface area contributed by atoms with Gasteiger partial charge >= 0.3 is 0 Å². The normalized spacial score (nSPS) is 11.7. The lowest BCUT2D eigenvalue weighted by molar-refractivity contribution is 0.848. The van der Waals surface area contributed by atoms with Crippen LogP contribution >= 0.6 is 11.3 Å². The van der Waals surface area contributed by atoms with E-state index in [0.29, 0.717) is 5.56 Å². The van der Waals surface area contributed by atoms with Crippen LogP contribution in [0.4, 0.5) is 0 Å². The molecule has 112 valence electrons.